The van der Waals surface area contributed by atoms with Gasteiger partial charge in [-0.05, 0) is 32.6 Å². The summed E-state index contributed by atoms with van der Waals surface area (Å²) in [6, 6.07) is -0.936. The number of anilines is 1. The first-order valence-corrected chi connectivity index (χ1v) is 12.4. The molecular weight excluding hydrogens is 496 g/mol. The number of hydrogen-bond donors (Lipinski definition) is 2. The van der Waals surface area contributed by atoms with Crippen molar-refractivity contribution in [1.29, 1.82) is 0 Å². The van der Waals surface area contributed by atoms with Gasteiger partial charge in [-0.15, -0.1) is 0 Å². The molecule has 10 nitrogen and oxygen atoms in total. The third-order valence-electron chi connectivity index (χ3n) is 6.29. The van der Waals surface area contributed by atoms with Crippen LogP contribution in [0.25, 0.3) is 0 Å². The van der Waals surface area contributed by atoms with Crippen LogP contribution in [0.3, 0.4) is 0 Å². The van der Waals surface area contributed by atoms with Gasteiger partial charge in [0, 0.05) is 32.5 Å². The Kier molecular flexibility index (Phi) is 6.70. The van der Waals surface area contributed by atoms with Gasteiger partial charge < -0.3 is 15.2 Å². The molecule has 2 fully saturated rings. The number of aromatic nitrogens is 4. The fourth-order valence-electron chi connectivity index (χ4n) is 4.26. The van der Waals surface area contributed by atoms with Crippen molar-refractivity contribution < 1.29 is 35.8 Å². The zero-order chi connectivity index (χ0) is 25.6. The van der Waals surface area contributed by atoms with Crippen LogP contribution in [0.4, 0.5) is 23.5 Å². The average Bonchev–Trinajstić information content (AvgIpc) is 3.34. The van der Waals surface area contributed by atoms with Gasteiger partial charge in [0.1, 0.15) is 22.7 Å². The Morgan fingerprint density at radius 3 is 2.60 bits per heavy atom. The number of ether oxygens (including phenoxy) is 1. The van der Waals surface area contributed by atoms with E-state index in [2.05, 4.69) is 20.4 Å². The molecule has 0 aromatic carbocycles. The second-order valence-electron chi connectivity index (χ2n) is 9.03. The predicted octanol–water partition coefficient (Wildman–Crippen LogP) is 2.12. The maximum absolute atomic E-state index is 14.9. The van der Waals surface area contributed by atoms with Crippen molar-refractivity contribution in [3.8, 4) is 5.88 Å². The summed E-state index contributed by atoms with van der Waals surface area (Å²) in [5.41, 5.74) is -2.52. The summed E-state index contributed by atoms with van der Waals surface area (Å²) in [7, 11) is -2.38. The first kappa shape index (κ1) is 25.6. The lowest BCUT2D eigenvalue weighted by molar-refractivity contribution is -0.141. The number of halogens is 4. The largest absolute Gasteiger partial charge is 0.471 e. The van der Waals surface area contributed by atoms with Gasteiger partial charge in [0.2, 0.25) is 21.9 Å². The van der Waals surface area contributed by atoms with E-state index in [1.54, 1.807) is 7.05 Å². The quantitative estimate of drug-likeness (QED) is 0.554. The number of hydrogen-bond acceptors (Lipinski definition) is 8. The number of sulfonamides is 1. The molecular formula is C20H26F4N6O4S. The molecule has 2 aliphatic rings. The van der Waals surface area contributed by atoms with Gasteiger partial charge in [-0.1, -0.05) is 0 Å². The van der Waals surface area contributed by atoms with Crippen molar-refractivity contribution in [2.24, 2.45) is 7.05 Å². The van der Waals surface area contributed by atoms with Crippen LogP contribution >= 0.6 is 0 Å². The molecule has 0 spiro atoms. The summed E-state index contributed by atoms with van der Waals surface area (Å²) in [5, 5.41) is 16.9. The molecule has 0 unspecified atom stereocenters. The lowest BCUT2D eigenvalue weighted by atomic mass is 10.0. The van der Waals surface area contributed by atoms with Crippen LogP contribution in [-0.2, 0) is 23.2 Å². The van der Waals surface area contributed by atoms with E-state index < -0.39 is 58.1 Å². The standard InChI is InChI=1S/C20H26F4N6O4S/c1-19(31)6-3-4-16(19)34-17-13(20(22,23)24)9-25-18(28-17)27-15-5-7-30(11-14(15)21)35(32,33)12-8-26-29(2)10-12/h8-10,14-16,31H,3-7,11H2,1-2H3,(H,25,27,28)/t14-,15-,16-,19+/m1/s1. The Labute approximate surface area is 199 Å². The van der Waals surface area contributed by atoms with Crippen LogP contribution in [0.15, 0.2) is 23.5 Å². The molecule has 35 heavy (non-hydrogen) atoms. The van der Waals surface area contributed by atoms with E-state index in [1.165, 1.54) is 24.0 Å². The fourth-order valence-corrected chi connectivity index (χ4v) is 5.71. The second kappa shape index (κ2) is 9.17. The van der Waals surface area contributed by atoms with E-state index in [4.69, 9.17) is 4.74 Å². The van der Waals surface area contributed by atoms with Crippen LogP contribution in [0.2, 0.25) is 0 Å². The van der Waals surface area contributed by atoms with Crippen molar-refractivity contribution in [2.75, 3.05) is 18.4 Å². The molecule has 1 aliphatic carbocycles. The zero-order valence-corrected chi connectivity index (χ0v) is 19.9. The Balaban J connectivity index is 1.49. The fraction of sp³-hybridized carbons (Fsp3) is 0.650. The van der Waals surface area contributed by atoms with Gasteiger partial charge in [0.25, 0.3) is 0 Å². The lowest BCUT2D eigenvalue weighted by Gasteiger charge is -2.34. The zero-order valence-electron chi connectivity index (χ0n) is 19.0. The van der Waals surface area contributed by atoms with E-state index >= 15 is 0 Å². The number of rotatable bonds is 6. The topological polar surface area (TPSA) is 122 Å². The first-order chi connectivity index (χ1) is 16.3. The molecule has 1 saturated carbocycles. The van der Waals surface area contributed by atoms with Crippen molar-refractivity contribution in [2.45, 2.75) is 67.6 Å². The van der Waals surface area contributed by atoms with Gasteiger partial charge in [-0.2, -0.15) is 27.6 Å². The van der Waals surface area contributed by atoms with Crippen LogP contribution in [0, 0.1) is 0 Å². The van der Waals surface area contributed by atoms with Crippen molar-refractivity contribution >= 4 is 16.0 Å². The maximum atomic E-state index is 14.9. The van der Waals surface area contributed by atoms with E-state index in [0.29, 0.717) is 25.5 Å². The minimum absolute atomic E-state index is 0.0236. The molecule has 4 rings (SSSR count). The Hall–Kier alpha value is -2.52. The van der Waals surface area contributed by atoms with Gasteiger partial charge >= 0.3 is 6.18 Å². The highest BCUT2D eigenvalue weighted by Crippen LogP contribution is 2.39. The summed E-state index contributed by atoms with van der Waals surface area (Å²) in [5.74, 6) is -1.05. The molecule has 4 atom stereocenters. The highest BCUT2D eigenvalue weighted by atomic mass is 32.2. The van der Waals surface area contributed by atoms with E-state index in [-0.39, 0.29) is 23.8 Å². The molecule has 0 radical (unpaired) electrons. The summed E-state index contributed by atoms with van der Waals surface area (Å²) < 4.78 is 88.6. The summed E-state index contributed by atoms with van der Waals surface area (Å²) in [6.07, 6.45) is -3.00. The predicted molar refractivity (Wildman–Crippen MR) is 115 cm³/mol. The number of piperidine rings is 1. The number of aliphatic hydroxyl groups is 1. The molecule has 194 valence electrons. The normalized spacial score (nSPS) is 28.3. The highest BCUT2D eigenvalue weighted by Gasteiger charge is 2.43. The van der Waals surface area contributed by atoms with Gasteiger partial charge in [0.15, 0.2) is 0 Å². The van der Waals surface area contributed by atoms with Crippen LogP contribution in [0.5, 0.6) is 5.88 Å². The first-order valence-electron chi connectivity index (χ1n) is 11.0. The summed E-state index contributed by atoms with van der Waals surface area (Å²) in [6.45, 7) is 1.01. The van der Waals surface area contributed by atoms with Crippen molar-refractivity contribution in [1.82, 2.24) is 24.1 Å². The average molecular weight is 523 g/mol. The van der Waals surface area contributed by atoms with Crippen LogP contribution in [0.1, 0.15) is 38.2 Å². The third-order valence-corrected chi connectivity index (χ3v) is 8.11. The molecule has 1 aliphatic heterocycles. The maximum Gasteiger partial charge on any atom is 0.423 e. The van der Waals surface area contributed by atoms with E-state index in [0.717, 1.165) is 4.31 Å². The van der Waals surface area contributed by atoms with Crippen molar-refractivity contribution in [3.63, 3.8) is 0 Å². The van der Waals surface area contributed by atoms with Gasteiger partial charge in [0.05, 0.1) is 17.8 Å². The van der Waals surface area contributed by atoms with E-state index in [1.807, 2.05) is 0 Å². The molecule has 2 aromatic rings. The number of alkyl halides is 4. The monoisotopic (exact) mass is 522 g/mol. The smallest absolute Gasteiger partial charge is 0.423 e. The van der Waals surface area contributed by atoms with Crippen molar-refractivity contribution in [3.05, 3.63) is 24.2 Å². The Morgan fingerprint density at radius 1 is 1.29 bits per heavy atom. The van der Waals surface area contributed by atoms with Gasteiger partial charge in [-0.25, -0.2) is 17.8 Å². The molecule has 0 bridgehead atoms. The number of nitrogens with one attached hydrogen (secondary N) is 1. The molecule has 2 aromatic heterocycles. The molecule has 15 heteroatoms. The van der Waals surface area contributed by atoms with Gasteiger partial charge in [-0.3, -0.25) is 4.68 Å². The second-order valence-corrected chi connectivity index (χ2v) is 11.0. The minimum atomic E-state index is -4.80. The lowest BCUT2D eigenvalue weighted by Crippen LogP contribution is -2.50. The summed E-state index contributed by atoms with van der Waals surface area (Å²) in [4.78, 5) is 7.44. The molecule has 1 saturated heterocycles. The molecule has 3 heterocycles. The third kappa shape index (κ3) is 5.35. The number of aryl methyl sites for hydroxylation is 1. The Morgan fingerprint density at radius 2 is 2.03 bits per heavy atom. The van der Waals surface area contributed by atoms with E-state index in [9.17, 15) is 31.1 Å². The molecule has 0 amide bonds. The SMILES string of the molecule is Cn1cc(S(=O)(=O)N2CC[C@@H](Nc3ncc(C(F)(F)F)c(O[C@@H]4CCC[C@]4(C)O)n3)[C@H](F)C2)cn1. The minimum Gasteiger partial charge on any atom is -0.471 e. The summed E-state index contributed by atoms with van der Waals surface area (Å²) >= 11 is 0. The van der Waals surface area contributed by atoms with Crippen LogP contribution < -0.4 is 10.1 Å². The number of nitrogens with zero attached hydrogens (tertiary/aromatic N) is 5. The highest BCUT2D eigenvalue weighted by molar-refractivity contribution is 7.89. The van der Waals surface area contributed by atoms with Crippen LogP contribution in [-0.4, -0.2) is 74.6 Å². The molecule has 2 N–H and O–H groups in total. The Bertz CT molecular complexity index is 1170.